The quantitative estimate of drug-likeness (QED) is 0.389. The maximum atomic E-state index is 11.8. The molecule has 1 aliphatic rings. The van der Waals surface area contributed by atoms with Crippen molar-refractivity contribution >= 4 is 51.9 Å². The summed E-state index contributed by atoms with van der Waals surface area (Å²) in [5.74, 6) is 1.46. The molecule has 146 valence electrons. The molecule has 0 radical (unpaired) electrons. The van der Waals surface area contributed by atoms with Crippen molar-refractivity contribution in [1.29, 1.82) is 0 Å². The Morgan fingerprint density at radius 3 is 2.68 bits per heavy atom. The van der Waals surface area contributed by atoms with Gasteiger partial charge in [-0.05, 0) is 48.4 Å². The molecule has 0 aliphatic carbocycles. The second kappa shape index (κ2) is 9.32. The second-order valence-electron chi connectivity index (χ2n) is 5.90. The average Bonchev–Trinajstić information content (AvgIpc) is 2.96. The lowest BCUT2D eigenvalue weighted by molar-refractivity contribution is -0.115. The summed E-state index contributed by atoms with van der Waals surface area (Å²) in [7, 11) is 1.53. The summed E-state index contributed by atoms with van der Waals surface area (Å²) < 4.78 is 17.3. The Balaban J connectivity index is 1.67. The molecule has 1 aliphatic heterocycles. The molecule has 3 rings (SSSR count). The highest BCUT2D eigenvalue weighted by Crippen LogP contribution is 2.38. The van der Waals surface area contributed by atoms with Crippen molar-refractivity contribution in [2.75, 3.05) is 20.3 Å². The van der Waals surface area contributed by atoms with E-state index in [1.807, 2.05) is 31.2 Å². The summed E-state index contributed by atoms with van der Waals surface area (Å²) in [6.45, 7) is 2.67. The van der Waals surface area contributed by atoms with Gasteiger partial charge in [0.2, 0.25) is 0 Å². The molecule has 1 N–H and O–H groups in total. The zero-order valence-electron chi connectivity index (χ0n) is 15.3. The molecule has 5 nitrogen and oxygen atoms in total. The number of hydrogen-bond donors (Lipinski definition) is 1. The van der Waals surface area contributed by atoms with Crippen molar-refractivity contribution < 1.29 is 19.0 Å². The van der Waals surface area contributed by atoms with Gasteiger partial charge in [-0.25, -0.2) is 0 Å². The average molecular weight is 436 g/mol. The van der Waals surface area contributed by atoms with E-state index >= 15 is 0 Å². The van der Waals surface area contributed by atoms with Crippen LogP contribution in [0.25, 0.3) is 6.08 Å². The standard InChI is InChI=1S/C20H18ClNO4S2/c1-12-4-3-5-14(8-12)25-6-7-26-18-15(21)9-13(10-16(18)24-2)11-17-19(23)22-20(27)28-17/h3-5,8-11H,6-7H2,1-2H3,(H,22,23,27)/b17-11-. The third-order valence-electron chi connectivity index (χ3n) is 3.78. The smallest absolute Gasteiger partial charge is 0.263 e. The van der Waals surface area contributed by atoms with Gasteiger partial charge in [0.05, 0.1) is 17.0 Å². The van der Waals surface area contributed by atoms with E-state index in [2.05, 4.69) is 5.32 Å². The van der Waals surface area contributed by atoms with Crippen molar-refractivity contribution in [3.05, 3.63) is 57.5 Å². The molecule has 0 bridgehead atoms. The number of halogens is 1. The van der Waals surface area contributed by atoms with Crippen LogP contribution in [0.3, 0.4) is 0 Å². The molecule has 1 saturated heterocycles. The van der Waals surface area contributed by atoms with E-state index in [1.54, 1.807) is 18.2 Å². The van der Waals surface area contributed by atoms with Crippen LogP contribution in [0, 0.1) is 6.92 Å². The number of aryl methyl sites for hydroxylation is 1. The number of thioether (sulfide) groups is 1. The van der Waals surface area contributed by atoms with Crippen molar-refractivity contribution in [2.24, 2.45) is 0 Å². The SMILES string of the molecule is COc1cc(/C=C2\SC(=S)NC2=O)cc(Cl)c1OCCOc1cccc(C)c1. The van der Waals surface area contributed by atoms with Crippen molar-refractivity contribution in [2.45, 2.75) is 6.92 Å². The molecule has 1 fully saturated rings. The Kier molecular flexibility index (Phi) is 6.83. The number of amides is 1. The Morgan fingerprint density at radius 2 is 2.00 bits per heavy atom. The van der Waals surface area contributed by atoms with Gasteiger partial charge < -0.3 is 19.5 Å². The highest BCUT2D eigenvalue weighted by molar-refractivity contribution is 8.26. The van der Waals surface area contributed by atoms with Crippen LogP contribution in [0.4, 0.5) is 0 Å². The maximum absolute atomic E-state index is 11.8. The van der Waals surface area contributed by atoms with Gasteiger partial charge in [-0.3, -0.25) is 4.79 Å². The molecule has 28 heavy (non-hydrogen) atoms. The Hall–Kier alpha value is -2.22. The summed E-state index contributed by atoms with van der Waals surface area (Å²) >= 11 is 12.6. The normalized spacial score (nSPS) is 14.9. The lowest BCUT2D eigenvalue weighted by Crippen LogP contribution is -2.17. The van der Waals surface area contributed by atoms with E-state index in [1.165, 1.54) is 18.9 Å². The molecule has 2 aromatic carbocycles. The minimum atomic E-state index is -0.223. The number of nitrogens with one attached hydrogen (secondary N) is 1. The zero-order valence-corrected chi connectivity index (χ0v) is 17.7. The number of benzene rings is 2. The van der Waals surface area contributed by atoms with Gasteiger partial charge in [0.15, 0.2) is 11.5 Å². The van der Waals surface area contributed by atoms with Crippen LogP contribution in [-0.2, 0) is 4.79 Å². The van der Waals surface area contributed by atoms with Gasteiger partial charge in [0, 0.05) is 0 Å². The molecular formula is C20H18ClNO4S2. The third-order valence-corrected chi connectivity index (χ3v) is 5.22. The van der Waals surface area contributed by atoms with Gasteiger partial charge in [0.25, 0.3) is 5.91 Å². The minimum Gasteiger partial charge on any atom is -0.493 e. The number of hydrogen-bond acceptors (Lipinski definition) is 6. The highest BCUT2D eigenvalue weighted by Gasteiger charge is 2.22. The summed E-state index contributed by atoms with van der Waals surface area (Å²) in [5, 5.41) is 2.96. The van der Waals surface area contributed by atoms with Crippen molar-refractivity contribution in [1.82, 2.24) is 5.32 Å². The first-order valence-electron chi connectivity index (χ1n) is 8.41. The molecule has 1 heterocycles. The molecule has 0 spiro atoms. The predicted octanol–water partition coefficient (Wildman–Crippen LogP) is 4.60. The summed E-state index contributed by atoms with van der Waals surface area (Å²) in [6, 6.07) is 11.3. The van der Waals surface area contributed by atoms with Crippen LogP contribution in [0.1, 0.15) is 11.1 Å². The maximum Gasteiger partial charge on any atom is 0.263 e. The van der Waals surface area contributed by atoms with Crippen LogP contribution >= 0.6 is 35.6 Å². The predicted molar refractivity (Wildman–Crippen MR) is 116 cm³/mol. The molecule has 2 aromatic rings. The van der Waals surface area contributed by atoms with Gasteiger partial charge in [-0.1, -0.05) is 47.7 Å². The summed E-state index contributed by atoms with van der Waals surface area (Å²) in [4.78, 5) is 12.3. The van der Waals surface area contributed by atoms with E-state index < -0.39 is 0 Å². The highest BCUT2D eigenvalue weighted by atomic mass is 35.5. The van der Waals surface area contributed by atoms with Crippen LogP contribution in [-0.4, -0.2) is 30.6 Å². The van der Waals surface area contributed by atoms with E-state index in [0.717, 1.165) is 11.3 Å². The van der Waals surface area contributed by atoms with E-state index in [0.29, 0.717) is 44.5 Å². The molecule has 0 aromatic heterocycles. The molecule has 1 amide bonds. The van der Waals surface area contributed by atoms with Crippen LogP contribution < -0.4 is 19.5 Å². The van der Waals surface area contributed by atoms with Crippen molar-refractivity contribution in [3.63, 3.8) is 0 Å². The van der Waals surface area contributed by atoms with Gasteiger partial charge >= 0.3 is 0 Å². The Bertz CT molecular complexity index is 946. The number of ether oxygens (including phenoxy) is 3. The van der Waals surface area contributed by atoms with Crippen molar-refractivity contribution in [3.8, 4) is 17.2 Å². The fraction of sp³-hybridized carbons (Fsp3) is 0.200. The molecule has 0 unspecified atom stereocenters. The number of methoxy groups -OCH3 is 1. The lowest BCUT2D eigenvalue weighted by atomic mass is 10.2. The molecular weight excluding hydrogens is 418 g/mol. The number of thiocarbonyl (C=S) groups is 1. The van der Waals surface area contributed by atoms with Crippen LogP contribution in [0.15, 0.2) is 41.3 Å². The van der Waals surface area contributed by atoms with Crippen LogP contribution in [0.2, 0.25) is 5.02 Å². The van der Waals surface area contributed by atoms with E-state index in [4.69, 9.17) is 38.0 Å². The second-order valence-corrected chi connectivity index (χ2v) is 8.03. The monoisotopic (exact) mass is 435 g/mol. The van der Waals surface area contributed by atoms with Gasteiger partial charge in [-0.15, -0.1) is 0 Å². The zero-order chi connectivity index (χ0) is 20.1. The first-order chi connectivity index (χ1) is 13.5. The van der Waals surface area contributed by atoms with Gasteiger partial charge in [0.1, 0.15) is 23.3 Å². The molecule has 8 heteroatoms. The Labute approximate surface area is 178 Å². The number of rotatable bonds is 7. The Morgan fingerprint density at radius 1 is 1.21 bits per heavy atom. The van der Waals surface area contributed by atoms with E-state index in [9.17, 15) is 4.79 Å². The fourth-order valence-corrected chi connectivity index (χ4v) is 3.86. The first-order valence-corrected chi connectivity index (χ1v) is 10.0. The van der Waals surface area contributed by atoms with Crippen LogP contribution in [0.5, 0.6) is 17.2 Å². The van der Waals surface area contributed by atoms with Gasteiger partial charge in [-0.2, -0.15) is 0 Å². The largest absolute Gasteiger partial charge is 0.493 e. The van der Waals surface area contributed by atoms with E-state index in [-0.39, 0.29) is 5.91 Å². The third kappa shape index (κ3) is 5.19. The minimum absolute atomic E-state index is 0.223. The number of carbonyl (C=O) groups is 1. The summed E-state index contributed by atoms with van der Waals surface area (Å²) in [6.07, 6.45) is 1.71. The summed E-state index contributed by atoms with van der Waals surface area (Å²) in [5.41, 5.74) is 1.84. The number of carbonyl (C=O) groups excluding carboxylic acids is 1. The lowest BCUT2D eigenvalue weighted by Gasteiger charge is -2.14. The fourth-order valence-electron chi connectivity index (χ4n) is 2.54. The first kappa shape index (κ1) is 20.5. The topological polar surface area (TPSA) is 56.8 Å². The molecule has 0 atom stereocenters. The molecule has 0 saturated carbocycles.